The molecule has 0 spiro atoms. The monoisotopic (exact) mass is 1180 g/mol. The Morgan fingerprint density at radius 1 is 0.636 bits per heavy atom. The van der Waals surface area contributed by atoms with Crippen LogP contribution in [0.3, 0.4) is 0 Å². The van der Waals surface area contributed by atoms with Gasteiger partial charge in [-0.3, -0.25) is 9.59 Å². The maximum atomic E-state index is 12.2. The van der Waals surface area contributed by atoms with Crippen LogP contribution in [0.4, 0.5) is 11.4 Å². The standard InChI is InChI=1S/C27H29Cl3N2O6.C16H18Cl3NO5.C11H13NO2/c1-4-36-26(34)12-9-19-7-10-20(11-8-19)31-25(33)6-5-14-38-32-18(2)22-16-21(37-15-13-24(29)30)17-23(28)27(22)35-3;1-10(20-25-6-3-4-15(21)22)12-8-11(24-7-5-14(18)19)9-13(17)16(12)23-2;1-2-14-11(13)8-5-9-3-6-10(12)7-4-9/h7-13,16-17H,4-6,14-15H2,1-3H3,(H,31,33);5,8-9H,3-4,6-7H2,1-2H3,(H,21,22);3-8H,2,12H2,1H3/b12-9+,32-18+;20-10+;8-5+. The van der Waals surface area contributed by atoms with Crippen molar-refractivity contribution in [1.29, 1.82) is 0 Å². The Kier molecular flexibility index (Phi) is 32.8. The number of carbonyl (C=O) groups is 4. The van der Waals surface area contributed by atoms with Crippen molar-refractivity contribution in [3.63, 3.8) is 0 Å². The molecule has 0 aliphatic heterocycles. The molecule has 4 N–H and O–H groups in total. The normalized spacial score (nSPS) is 11.0. The number of oxime groups is 2. The smallest absolute Gasteiger partial charge is 0.330 e. The highest BCUT2D eigenvalue weighted by molar-refractivity contribution is 6.56. The van der Waals surface area contributed by atoms with E-state index < -0.39 is 11.9 Å². The van der Waals surface area contributed by atoms with Crippen molar-refractivity contribution >= 4 is 128 Å². The van der Waals surface area contributed by atoms with Gasteiger partial charge in [0.1, 0.15) is 58.4 Å². The van der Waals surface area contributed by atoms with E-state index >= 15 is 0 Å². The Morgan fingerprint density at radius 3 is 1.44 bits per heavy atom. The molecule has 0 atom stereocenters. The first-order valence-corrected chi connectivity index (χ1v) is 25.6. The number of esters is 2. The number of carboxylic acid groups (broad SMARTS) is 1. The number of nitrogens with one attached hydrogen (secondary N) is 1. The first kappa shape index (κ1) is 66.5. The van der Waals surface area contributed by atoms with Gasteiger partial charge in [0.2, 0.25) is 5.91 Å². The van der Waals surface area contributed by atoms with E-state index in [1.54, 1.807) is 101 Å². The highest BCUT2D eigenvalue weighted by atomic mass is 35.5. The zero-order valence-electron chi connectivity index (χ0n) is 43.0. The molecule has 0 saturated heterocycles. The van der Waals surface area contributed by atoms with E-state index in [9.17, 15) is 19.2 Å². The number of nitrogen functional groups attached to an aromatic ring is 1. The molecule has 17 nitrogen and oxygen atoms in total. The fraction of sp³-hybridized carbons (Fsp3) is 0.296. The van der Waals surface area contributed by atoms with E-state index in [1.165, 1.54) is 38.5 Å². The summed E-state index contributed by atoms with van der Waals surface area (Å²) in [6.07, 6.45) is 10.2. The maximum Gasteiger partial charge on any atom is 0.330 e. The summed E-state index contributed by atoms with van der Waals surface area (Å²) in [7, 11) is 2.99. The molecule has 4 rings (SSSR count). The number of nitrogens with two attached hydrogens (primary N) is 1. The van der Waals surface area contributed by atoms with Crippen LogP contribution in [-0.4, -0.2) is 94.2 Å². The number of halogens is 6. The van der Waals surface area contributed by atoms with Crippen LogP contribution in [0, 0.1) is 0 Å². The lowest BCUT2D eigenvalue weighted by atomic mass is 10.1. The first-order valence-electron chi connectivity index (χ1n) is 23.3. The summed E-state index contributed by atoms with van der Waals surface area (Å²) in [5.74, 6) is 0.0370. The molecule has 0 saturated carbocycles. The van der Waals surface area contributed by atoms with Gasteiger partial charge in [-0.1, -0.05) is 104 Å². The molecule has 0 radical (unpaired) electrons. The molecule has 0 aliphatic rings. The summed E-state index contributed by atoms with van der Waals surface area (Å²) < 4.78 is 31.6. The second kappa shape index (κ2) is 38.0. The number of aliphatic carboxylic acids is 1. The predicted octanol–water partition coefficient (Wildman–Crippen LogP) is 13.3. The molecule has 1 amide bonds. The summed E-state index contributed by atoms with van der Waals surface area (Å²) >= 11 is 34.8. The Bertz CT molecular complexity index is 2710. The van der Waals surface area contributed by atoms with Crippen LogP contribution < -0.4 is 30.0 Å². The molecule has 0 aliphatic carbocycles. The van der Waals surface area contributed by atoms with Crippen LogP contribution in [0.1, 0.15) is 75.6 Å². The van der Waals surface area contributed by atoms with Crippen molar-refractivity contribution in [3.05, 3.63) is 138 Å². The van der Waals surface area contributed by atoms with Crippen molar-refractivity contribution in [2.45, 2.75) is 53.4 Å². The van der Waals surface area contributed by atoms with Gasteiger partial charge in [0, 0.05) is 59.6 Å². The molecule has 0 unspecified atom stereocenters. The van der Waals surface area contributed by atoms with E-state index in [-0.39, 0.29) is 60.1 Å². The highest BCUT2D eigenvalue weighted by Crippen LogP contribution is 2.35. The number of rotatable bonds is 27. The molecular formula is C54H60Cl6N4O13. The third-order valence-corrected chi connectivity index (χ3v) is 10.6. The van der Waals surface area contributed by atoms with Crippen LogP contribution >= 0.6 is 69.6 Å². The van der Waals surface area contributed by atoms with Crippen molar-refractivity contribution in [1.82, 2.24) is 0 Å². The lowest BCUT2D eigenvalue weighted by Gasteiger charge is -2.13. The predicted molar refractivity (Wildman–Crippen MR) is 306 cm³/mol. The van der Waals surface area contributed by atoms with Crippen molar-refractivity contribution in [3.8, 4) is 23.0 Å². The van der Waals surface area contributed by atoms with Crippen LogP contribution in [-0.2, 0) is 38.3 Å². The molecule has 0 fully saturated rings. The number of methoxy groups -OCH3 is 2. The summed E-state index contributed by atoms with van der Waals surface area (Å²) in [4.78, 5) is 55.6. The molecular weight excluding hydrogens is 1130 g/mol. The topological polar surface area (TPSA) is 225 Å². The van der Waals surface area contributed by atoms with E-state index in [4.69, 9.17) is 119 Å². The molecule has 77 heavy (non-hydrogen) atoms. The van der Waals surface area contributed by atoms with Gasteiger partial charge in [-0.15, -0.1) is 0 Å². The van der Waals surface area contributed by atoms with Crippen LogP contribution in [0.25, 0.3) is 12.2 Å². The molecule has 416 valence electrons. The van der Waals surface area contributed by atoms with Crippen molar-refractivity contribution in [2.24, 2.45) is 10.3 Å². The number of benzene rings is 4. The van der Waals surface area contributed by atoms with Gasteiger partial charge in [-0.2, -0.15) is 0 Å². The van der Waals surface area contributed by atoms with Gasteiger partial charge in [-0.25, -0.2) is 9.59 Å². The number of hydrogen-bond donors (Lipinski definition) is 3. The Balaban J connectivity index is 0.000000443. The molecule has 0 aromatic heterocycles. The average molecular weight is 1190 g/mol. The van der Waals surface area contributed by atoms with E-state index in [1.807, 2.05) is 12.1 Å². The number of nitrogens with zero attached hydrogens (tertiary/aromatic N) is 2. The second-order valence-electron chi connectivity index (χ2n) is 15.2. The van der Waals surface area contributed by atoms with Crippen LogP contribution in [0.5, 0.6) is 23.0 Å². The second-order valence-corrected chi connectivity index (χ2v) is 18.0. The molecule has 0 heterocycles. The zero-order valence-corrected chi connectivity index (χ0v) is 47.6. The Hall–Kier alpha value is -6.60. The lowest BCUT2D eigenvalue weighted by molar-refractivity contribution is -0.138. The number of amides is 1. The lowest BCUT2D eigenvalue weighted by Crippen LogP contribution is -2.12. The fourth-order valence-electron chi connectivity index (χ4n) is 5.84. The number of ether oxygens (including phenoxy) is 6. The van der Waals surface area contributed by atoms with Gasteiger partial charge < -0.3 is 54.3 Å². The summed E-state index contributed by atoms with van der Waals surface area (Å²) in [6.45, 7) is 8.44. The van der Waals surface area contributed by atoms with Gasteiger partial charge in [-0.05, 0) is 112 Å². The average Bonchev–Trinajstić information content (AvgIpc) is 3.38. The minimum atomic E-state index is -0.881. The Morgan fingerprint density at radius 2 is 1.05 bits per heavy atom. The highest BCUT2D eigenvalue weighted by Gasteiger charge is 2.16. The number of carbonyl (C=O) groups excluding carboxylic acids is 3. The zero-order chi connectivity index (χ0) is 57.1. The minimum Gasteiger partial charge on any atom is -0.494 e. The van der Waals surface area contributed by atoms with Gasteiger partial charge in [0.15, 0.2) is 0 Å². The van der Waals surface area contributed by atoms with E-state index in [0.717, 1.165) is 11.1 Å². The fourth-order valence-corrected chi connectivity index (χ4v) is 6.67. The van der Waals surface area contributed by atoms with E-state index in [2.05, 4.69) is 15.6 Å². The Labute approximate surface area is 478 Å². The summed E-state index contributed by atoms with van der Waals surface area (Å²) in [6, 6.07) is 20.9. The van der Waals surface area contributed by atoms with Crippen molar-refractivity contribution < 1.29 is 62.4 Å². The summed E-state index contributed by atoms with van der Waals surface area (Å²) in [5, 5.41) is 20.2. The third-order valence-electron chi connectivity index (χ3n) is 9.39. The quantitative estimate of drug-likeness (QED) is 0.0126. The minimum absolute atomic E-state index is 0.0176. The molecule has 4 aromatic carbocycles. The number of anilines is 2. The maximum absolute atomic E-state index is 12.2. The van der Waals surface area contributed by atoms with Gasteiger partial charge in [0.25, 0.3) is 0 Å². The van der Waals surface area contributed by atoms with Crippen LogP contribution in [0.15, 0.2) is 116 Å². The first-order chi connectivity index (χ1) is 36.8. The van der Waals surface area contributed by atoms with E-state index in [0.29, 0.717) is 93.0 Å². The van der Waals surface area contributed by atoms with Gasteiger partial charge >= 0.3 is 17.9 Å². The SMILES string of the molecule is CCOC(=O)/C=C/c1ccc(N)cc1.CCOC(=O)/C=C/c1ccc(NC(=O)CCCO/N=C(\C)c2cc(OCC=C(Cl)Cl)cc(Cl)c2OC)cc1.COc1c(Cl)cc(OCC=C(Cl)Cl)cc1/C(C)=N/OCCCC(=O)O. The number of carboxylic acids is 1. The largest absolute Gasteiger partial charge is 0.494 e. The van der Waals surface area contributed by atoms with Crippen LogP contribution in [0.2, 0.25) is 10.0 Å². The number of hydrogen-bond acceptors (Lipinski definition) is 15. The molecule has 0 bridgehead atoms. The molecule has 23 heteroatoms. The summed E-state index contributed by atoms with van der Waals surface area (Å²) in [5.41, 5.74) is 10.8. The van der Waals surface area contributed by atoms with Gasteiger partial charge in [0.05, 0.1) is 48.9 Å². The molecule has 4 aromatic rings. The third kappa shape index (κ3) is 28.4. The van der Waals surface area contributed by atoms with Crippen molar-refractivity contribution in [2.75, 3.05) is 64.9 Å².